The fourth-order valence-electron chi connectivity index (χ4n) is 10.3. The summed E-state index contributed by atoms with van der Waals surface area (Å²) in [5.74, 6) is 3.01. The van der Waals surface area contributed by atoms with E-state index in [9.17, 15) is 5.11 Å². The second kappa shape index (κ2) is 5.63. The third kappa shape index (κ3) is 2.06. The summed E-state index contributed by atoms with van der Waals surface area (Å²) < 4.78 is 0. The van der Waals surface area contributed by atoms with E-state index in [0.29, 0.717) is 28.6 Å². The Bertz CT molecular complexity index is 982. The fraction of sp³-hybridized carbons (Fsp3) is 0.800. The molecule has 0 aromatic carbocycles. The third-order valence-corrected chi connectivity index (χ3v) is 12.8. The van der Waals surface area contributed by atoms with Crippen LogP contribution in [0.15, 0.2) is 33.4 Å². The highest BCUT2D eigenvalue weighted by atomic mass is 16.3. The predicted octanol–water partition coefficient (Wildman–Crippen LogP) is 7.47. The van der Waals surface area contributed by atoms with Crippen molar-refractivity contribution in [2.45, 2.75) is 101 Å². The summed E-state index contributed by atoms with van der Waals surface area (Å²) in [7, 11) is 0. The van der Waals surface area contributed by atoms with Crippen LogP contribution < -0.4 is 0 Å². The van der Waals surface area contributed by atoms with Gasteiger partial charge in [-0.05, 0) is 92.8 Å². The average molecular weight is 421 g/mol. The highest BCUT2D eigenvalue weighted by Crippen LogP contribution is 2.75. The molecule has 7 atom stereocenters. The molecule has 0 radical (unpaired) electrons. The highest BCUT2D eigenvalue weighted by Gasteiger charge is 2.67. The van der Waals surface area contributed by atoms with Gasteiger partial charge in [-0.3, -0.25) is 0 Å². The number of hydrogen-bond acceptors (Lipinski definition) is 1. The molecule has 9 aliphatic rings. The smallest absolute Gasteiger partial charge is 0.0653 e. The number of hydrogen-bond donors (Lipinski definition) is 1. The minimum absolute atomic E-state index is 0.141. The van der Waals surface area contributed by atoms with E-state index in [-0.39, 0.29) is 16.9 Å². The Morgan fingerprint density at radius 2 is 1.29 bits per heavy atom. The average Bonchev–Trinajstić information content (AvgIpc) is 2.67. The van der Waals surface area contributed by atoms with Gasteiger partial charge in [0.25, 0.3) is 0 Å². The lowest BCUT2D eigenvalue weighted by molar-refractivity contribution is -0.110. The number of fused-ring (bicyclic) bond motifs is 8. The first-order valence-corrected chi connectivity index (χ1v) is 13.1. The quantitative estimate of drug-likeness (QED) is 0.459. The van der Waals surface area contributed by atoms with Crippen molar-refractivity contribution in [3.05, 3.63) is 33.4 Å². The normalized spacial score (nSPS) is 48.2. The first-order chi connectivity index (χ1) is 14.3. The maximum atomic E-state index is 12.0. The summed E-state index contributed by atoms with van der Waals surface area (Å²) in [6.07, 6.45) is 6.21. The molecule has 1 heteroatoms. The van der Waals surface area contributed by atoms with E-state index in [2.05, 4.69) is 62.3 Å². The van der Waals surface area contributed by atoms with Gasteiger partial charge in [0, 0.05) is 11.3 Å². The molecule has 0 saturated heterocycles. The van der Waals surface area contributed by atoms with E-state index < -0.39 is 0 Å². The van der Waals surface area contributed by atoms with Crippen molar-refractivity contribution in [2.75, 3.05) is 0 Å². The van der Waals surface area contributed by atoms with Gasteiger partial charge in [0.05, 0.1) is 6.10 Å². The lowest BCUT2D eigenvalue weighted by atomic mass is 9.35. The van der Waals surface area contributed by atoms with E-state index in [1.165, 1.54) is 25.7 Å². The molecule has 31 heavy (non-hydrogen) atoms. The molecule has 0 spiro atoms. The molecule has 1 N–H and O–H groups in total. The SMILES string of the molecule is CC1=C2C[C@@H]([C@@H](O)[C@@H]1[C@@]1([C@H]3C[C@@H]4CC(=C3C)C4(C)C)C[C@H]3CC(=C1C)C3(C)C)C2(C)C. The van der Waals surface area contributed by atoms with Crippen LogP contribution in [0.3, 0.4) is 0 Å². The number of rotatable bonds is 2. The molecule has 3 fully saturated rings. The molecule has 9 aliphatic carbocycles. The minimum atomic E-state index is -0.187. The van der Waals surface area contributed by atoms with Crippen LogP contribution >= 0.6 is 0 Å². The molecule has 9 rings (SSSR count). The molecule has 0 aromatic heterocycles. The van der Waals surface area contributed by atoms with Crippen molar-refractivity contribution in [1.29, 1.82) is 0 Å². The van der Waals surface area contributed by atoms with E-state index >= 15 is 0 Å². The van der Waals surface area contributed by atoms with Crippen LogP contribution in [0.1, 0.15) is 94.4 Å². The summed E-state index contributed by atoms with van der Waals surface area (Å²) in [5, 5.41) is 12.0. The second-order valence-corrected chi connectivity index (χ2v) is 14.2. The van der Waals surface area contributed by atoms with Crippen LogP contribution in [-0.4, -0.2) is 11.2 Å². The van der Waals surface area contributed by atoms with Gasteiger partial charge in [0.1, 0.15) is 0 Å². The van der Waals surface area contributed by atoms with Crippen molar-refractivity contribution in [3.63, 3.8) is 0 Å². The molecule has 0 amide bonds. The Balaban J connectivity index is 1.57. The molecule has 0 unspecified atom stereocenters. The van der Waals surface area contributed by atoms with Crippen molar-refractivity contribution in [2.24, 2.45) is 51.2 Å². The Morgan fingerprint density at radius 1 is 0.710 bits per heavy atom. The Kier molecular flexibility index (Phi) is 3.77. The van der Waals surface area contributed by atoms with Crippen LogP contribution in [-0.2, 0) is 0 Å². The van der Waals surface area contributed by atoms with Gasteiger partial charge in [-0.25, -0.2) is 0 Å². The summed E-state index contributed by atoms with van der Waals surface area (Å²) in [6.45, 7) is 22.1. The zero-order valence-corrected chi connectivity index (χ0v) is 21.4. The molecule has 170 valence electrons. The van der Waals surface area contributed by atoms with Crippen LogP contribution in [0.4, 0.5) is 0 Å². The monoisotopic (exact) mass is 420 g/mol. The van der Waals surface area contributed by atoms with E-state index in [1.807, 2.05) is 0 Å². The second-order valence-electron chi connectivity index (χ2n) is 14.2. The highest BCUT2D eigenvalue weighted by molar-refractivity contribution is 5.49. The first-order valence-electron chi connectivity index (χ1n) is 13.1. The molecule has 0 aliphatic heterocycles. The van der Waals surface area contributed by atoms with E-state index in [1.54, 1.807) is 33.4 Å². The zero-order valence-electron chi connectivity index (χ0n) is 21.4. The van der Waals surface area contributed by atoms with Gasteiger partial charge >= 0.3 is 0 Å². The third-order valence-electron chi connectivity index (χ3n) is 12.8. The van der Waals surface area contributed by atoms with Crippen molar-refractivity contribution in [3.8, 4) is 0 Å². The van der Waals surface area contributed by atoms with Gasteiger partial charge in [-0.15, -0.1) is 0 Å². The van der Waals surface area contributed by atoms with Crippen molar-refractivity contribution < 1.29 is 5.11 Å². The number of aliphatic hydroxyl groups excluding tert-OH is 1. The molecular weight excluding hydrogens is 376 g/mol. The number of allylic oxidation sites excluding steroid dienone is 5. The maximum Gasteiger partial charge on any atom is 0.0653 e. The standard InChI is InChI=1S/C30H44O/c1-15-20-10-18(27(20,4)5)11-22(15)30(14-19-12-23(17(30)3)28(19,6)7)25-16(2)21-13-24(26(25)31)29(21,8)9/h18-19,22,24-26,31H,10-14H2,1-9H3/t18-,19+,22-,24-,25+,26+,30-/m0/s1. The Hall–Kier alpha value is -0.820. The van der Waals surface area contributed by atoms with Gasteiger partial charge < -0.3 is 5.11 Å². The molecule has 0 heterocycles. The molecule has 6 bridgehead atoms. The zero-order chi connectivity index (χ0) is 22.5. The molecular formula is C30H44O. The molecule has 1 nitrogen and oxygen atoms in total. The van der Waals surface area contributed by atoms with Gasteiger partial charge in [0.2, 0.25) is 0 Å². The van der Waals surface area contributed by atoms with Crippen LogP contribution in [0.2, 0.25) is 0 Å². The fourth-order valence-corrected chi connectivity index (χ4v) is 10.3. The lowest BCUT2D eigenvalue weighted by Gasteiger charge is -2.69. The number of aliphatic hydroxyl groups is 1. The van der Waals surface area contributed by atoms with Crippen LogP contribution in [0.25, 0.3) is 0 Å². The largest absolute Gasteiger partial charge is 0.392 e. The topological polar surface area (TPSA) is 20.2 Å². The summed E-state index contributed by atoms with van der Waals surface area (Å²) in [6, 6.07) is 0. The summed E-state index contributed by atoms with van der Waals surface area (Å²) >= 11 is 0. The Labute approximate surface area is 190 Å². The van der Waals surface area contributed by atoms with Gasteiger partial charge in [-0.1, -0.05) is 75.0 Å². The van der Waals surface area contributed by atoms with E-state index in [4.69, 9.17) is 0 Å². The summed E-state index contributed by atoms with van der Waals surface area (Å²) in [4.78, 5) is 0. The summed E-state index contributed by atoms with van der Waals surface area (Å²) in [5.41, 5.74) is 11.2. The van der Waals surface area contributed by atoms with Crippen LogP contribution in [0.5, 0.6) is 0 Å². The predicted molar refractivity (Wildman–Crippen MR) is 128 cm³/mol. The van der Waals surface area contributed by atoms with Gasteiger partial charge in [0.15, 0.2) is 0 Å². The first kappa shape index (κ1) is 20.8. The lowest BCUT2D eigenvalue weighted by Crippen LogP contribution is -2.63. The van der Waals surface area contributed by atoms with Crippen molar-refractivity contribution >= 4 is 0 Å². The van der Waals surface area contributed by atoms with E-state index in [0.717, 1.165) is 18.3 Å². The maximum absolute atomic E-state index is 12.0. The molecule has 0 aromatic rings. The Morgan fingerprint density at radius 3 is 1.77 bits per heavy atom. The van der Waals surface area contributed by atoms with Gasteiger partial charge in [-0.2, -0.15) is 0 Å². The van der Waals surface area contributed by atoms with Crippen LogP contribution in [0, 0.1) is 51.2 Å². The molecule has 3 saturated carbocycles. The van der Waals surface area contributed by atoms with Crippen molar-refractivity contribution in [1.82, 2.24) is 0 Å². The minimum Gasteiger partial charge on any atom is -0.392 e.